The first-order valence-electron chi connectivity index (χ1n) is 4.62. The maximum atomic E-state index is 8.77. The fourth-order valence-electron chi connectivity index (χ4n) is 1.35. The lowest BCUT2D eigenvalue weighted by atomic mass is 10.2. The van der Waals surface area contributed by atoms with Gasteiger partial charge in [-0.15, -0.1) is 5.10 Å². The number of rotatable bonds is 1. The first-order chi connectivity index (χ1) is 7.20. The van der Waals surface area contributed by atoms with Gasteiger partial charge in [-0.3, -0.25) is 0 Å². The molecule has 0 aliphatic carbocycles. The highest BCUT2D eigenvalue weighted by atomic mass is 15.5. The SMILES string of the molecule is Cc1cccc(-n2nc(C)c(C#N)n2)c1. The van der Waals surface area contributed by atoms with Gasteiger partial charge in [-0.1, -0.05) is 12.1 Å². The Kier molecular flexibility index (Phi) is 2.22. The van der Waals surface area contributed by atoms with Crippen molar-refractivity contribution in [1.29, 1.82) is 5.26 Å². The van der Waals surface area contributed by atoms with Crippen molar-refractivity contribution in [2.45, 2.75) is 13.8 Å². The van der Waals surface area contributed by atoms with Crippen LogP contribution in [-0.2, 0) is 0 Å². The minimum absolute atomic E-state index is 0.372. The van der Waals surface area contributed by atoms with Gasteiger partial charge in [0.15, 0.2) is 5.69 Å². The monoisotopic (exact) mass is 198 g/mol. The maximum absolute atomic E-state index is 8.77. The summed E-state index contributed by atoms with van der Waals surface area (Å²) in [6.07, 6.45) is 0. The quantitative estimate of drug-likeness (QED) is 0.701. The molecular formula is C11H10N4. The van der Waals surface area contributed by atoms with E-state index in [2.05, 4.69) is 10.2 Å². The van der Waals surface area contributed by atoms with Crippen LogP contribution in [0.5, 0.6) is 0 Å². The maximum Gasteiger partial charge on any atom is 0.186 e. The molecule has 2 rings (SSSR count). The molecule has 0 fully saturated rings. The van der Waals surface area contributed by atoms with Gasteiger partial charge < -0.3 is 0 Å². The van der Waals surface area contributed by atoms with E-state index in [1.165, 1.54) is 4.80 Å². The molecule has 0 radical (unpaired) electrons. The molecule has 0 bridgehead atoms. The average Bonchev–Trinajstić information content (AvgIpc) is 2.60. The van der Waals surface area contributed by atoms with Gasteiger partial charge in [0.05, 0.1) is 11.4 Å². The lowest BCUT2D eigenvalue weighted by Crippen LogP contribution is -1.99. The van der Waals surface area contributed by atoms with E-state index >= 15 is 0 Å². The van der Waals surface area contributed by atoms with Crippen LogP contribution >= 0.6 is 0 Å². The zero-order valence-corrected chi connectivity index (χ0v) is 8.60. The van der Waals surface area contributed by atoms with Crippen molar-refractivity contribution in [2.24, 2.45) is 0 Å². The Bertz CT molecular complexity index is 534. The first kappa shape index (κ1) is 9.41. The topological polar surface area (TPSA) is 54.5 Å². The van der Waals surface area contributed by atoms with Gasteiger partial charge in [-0.2, -0.15) is 15.2 Å². The second-order valence-electron chi connectivity index (χ2n) is 3.37. The van der Waals surface area contributed by atoms with Crippen molar-refractivity contribution >= 4 is 0 Å². The van der Waals surface area contributed by atoms with Gasteiger partial charge in [0.25, 0.3) is 0 Å². The van der Waals surface area contributed by atoms with Gasteiger partial charge in [0.2, 0.25) is 0 Å². The van der Waals surface area contributed by atoms with Crippen molar-refractivity contribution < 1.29 is 0 Å². The third kappa shape index (κ3) is 1.72. The molecule has 0 atom stereocenters. The minimum Gasteiger partial charge on any atom is -0.191 e. The van der Waals surface area contributed by atoms with Gasteiger partial charge in [0.1, 0.15) is 6.07 Å². The molecular weight excluding hydrogens is 188 g/mol. The van der Waals surface area contributed by atoms with Crippen molar-refractivity contribution in [3.63, 3.8) is 0 Å². The van der Waals surface area contributed by atoms with E-state index in [1.807, 2.05) is 37.3 Å². The summed E-state index contributed by atoms with van der Waals surface area (Å²) >= 11 is 0. The van der Waals surface area contributed by atoms with Crippen LogP contribution in [0.4, 0.5) is 0 Å². The van der Waals surface area contributed by atoms with Crippen LogP contribution < -0.4 is 0 Å². The molecule has 15 heavy (non-hydrogen) atoms. The fraction of sp³-hybridized carbons (Fsp3) is 0.182. The average molecular weight is 198 g/mol. The van der Waals surface area contributed by atoms with Crippen LogP contribution in [0.3, 0.4) is 0 Å². The highest BCUT2D eigenvalue weighted by molar-refractivity contribution is 5.34. The van der Waals surface area contributed by atoms with E-state index in [1.54, 1.807) is 6.92 Å². The summed E-state index contributed by atoms with van der Waals surface area (Å²) in [5, 5.41) is 17.0. The Hall–Kier alpha value is -2.15. The molecule has 0 aliphatic rings. The highest BCUT2D eigenvalue weighted by Gasteiger charge is 2.06. The summed E-state index contributed by atoms with van der Waals surface area (Å²) in [5.74, 6) is 0. The summed E-state index contributed by atoms with van der Waals surface area (Å²) in [6.45, 7) is 3.78. The Morgan fingerprint density at radius 1 is 1.27 bits per heavy atom. The number of hydrogen-bond donors (Lipinski definition) is 0. The fourth-order valence-corrected chi connectivity index (χ4v) is 1.35. The standard InChI is InChI=1S/C11H10N4/c1-8-4-3-5-10(6-8)15-13-9(2)11(7-12)14-15/h3-6H,1-2H3. The number of aromatic nitrogens is 3. The zero-order valence-electron chi connectivity index (χ0n) is 8.60. The summed E-state index contributed by atoms with van der Waals surface area (Å²) in [7, 11) is 0. The molecule has 0 saturated carbocycles. The number of hydrogen-bond acceptors (Lipinski definition) is 3. The van der Waals surface area contributed by atoms with Crippen molar-refractivity contribution in [2.75, 3.05) is 0 Å². The molecule has 0 amide bonds. The van der Waals surface area contributed by atoms with Crippen LogP contribution in [0.25, 0.3) is 5.69 Å². The molecule has 0 aliphatic heterocycles. The van der Waals surface area contributed by atoms with E-state index in [0.29, 0.717) is 11.4 Å². The summed E-state index contributed by atoms with van der Waals surface area (Å²) in [4.78, 5) is 1.49. The van der Waals surface area contributed by atoms with Crippen molar-refractivity contribution in [1.82, 2.24) is 15.0 Å². The smallest absolute Gasteiger partial charge is 0.186 e. The van der Waals surface area contributed by atoms with Crippen LogP contribution in [0.15, 0.2) is 24.3 Å². The third-order valence-electron chi connectivity index (χ3n) is 2.12. The Morgan fingerprint density at radius 3 is 2.67 bits per heavy atom. The second kappa shape index (κ2) is 3.54. The number of nitrogens with zero attached hydrogens (tertiary/aromatic N) is 4. The molecule has 1 heterocycles. The van der Waals surface area contributed by atoms with Crippen LogP contribution in [0.1, 0.15) is 17.0 Å². The highest BCUT2D eigenvalue weighted by Crippen LogP contribution is 2.09. The molecule has 0 N–H and O–H groups in total. The third-order valence-corrected chi connectivity index (χ3v) is 2.12. The van der Waals surface area contributed by atoms with E-state index in [9.17, 15) is 0 Å². The summed E-state index contributed by atoms with van der Waals surface area (Å²) in [6, 6.07) is 9.83. The van der Waals surface area contributed by atoms with E-state index in [0.717, 1.165) is 11.3 Å². The number of aryl methyl sites for hydroxylation is 2. The molecule has 0 unspecified atom stereocenters. The molecule has 1 aromatic carbocycles. The van der Waals surface area contributed by atoms with Crippen LogP contribution in [0, 0.1) is 25.2 Å². The molecule has 4 heteroatoms. The van der Waals surface area contributed by atoms with Crippen molar-refractivity contribution in [3.05, 3.63) is 41.2 Å². The predicted molar refractivity (Wildman–Crippen MR) is 55.5 cm³/mol. The lowest BCUT2D eigenvalue weighted by molar-refractivity contribution is 0.743. The first-order valence-corrected chi connectivity index (χ1v) is 4.62. The summed E-state index contributed by atoms with van der Waals surface area (Å²) in [5.41, 5.74) is 3.04. The van der Waals surface area contributed by atoms with Gasteiger partial charge in [-0.05, 0) is 31.5 Å². The molecule has 4 nitrogen and oxygen atoms in total. The molecule has 1 aromatic heterocycles. The molecule has 0 spiro atoms. The molecule has 2 aromatic rings. The Labute approximate surface area is 87.8 Å². The number of benzene rings is 1. The Balaban J connectivity index is 2.51. The second-order valence-corrected chi connectivity index (χ2v) is 3.37. The van der Waals surface area contributed by atoms with E-state index in [-0.39, 0.29) is 0 Å². The predicted octanol–water partition coefficient (Wildman–Crippen LogP) is 1.76. The zero-order chi connectivity index (χ0) is 10.8. The van der Waals surface area contributed by atoms with Crippen molar-refractivity contribution in [3.8, 4) is 11.8 Å². The molecule has 74 valence electrons. The van der Waals surface area contributed by atoms with E-state index < -0.39 is 0 Å². The minimum atomic E-state index is 0.372. The lowest BCUT2D eigenvalue weighted by Gasteiger charge is -1.99. The van der Waals surface area contributed by atoms with Gasteiger partial charge in [0, 0.05) is 0 Å². The van der Waals surface area contributed by atoms with Gasteiger partial charge in [-0.25, -0.2) is 0 Å². The molecule has 0 saturated heterocycles. The normalized spacial score (nSPS) is 9.93. The van der Waals surface area contributed by atoms with Crippen LogP contribution in [0.2, 0.25) is 0 Å². The van der Waals surface area contributed by atoms with Gasteiger partial charge >= 0.3 is 0 Å². The van der Waals surface area contributed by atoms with Crippen LogP contribution in [-0.4, -0.2) is 15.0 Å². The largest absolute Gasteiger partial charge is 0.191 e. The Morgan fingerprint density at radius 2 is 2.07 bits per heavy atom. The summed E-state index contributed by atoms with van der Waals surface area (Å²) < 4.78 is 0. The van der Waals surface area contributed by atoms with E-state index in [4.69, 9.17) is 5.26 Å². The number of nitriles is 1.